The van der Waals surface area contributed by atoms with Crippen molar-refractivity contribution in [3.63, 3.8) is 0 Å². The van der Waals surface area contributed by atoms with Crippen LogP contribution in [-0.2, 0) is 21.4 Å². The molecule has 2 heterocycles. The SMILES string of the molecule is Cc1nc(-c2ccc(CNC(=O)C3CCCCN3S(C)(=O)=O)cc2)cs1. The number of carbonyl (C=O) groups excluding carboxylic acids is 1. The number of thiazole rings is 1. The Labute approximate surface area is 158 Å². The number of rotatable bonds is 5. The van der Waals surface area contributed by atoms with E-state index in [1.165, 1.54) is 4.31 Å². The molecule has 8 heteroatoms. The van der Waals surface area contributed by atoms with Crippen LogP contribution in [0.3, 0.4) is 0 Å². The molecule has 0 bridgehead atoms. The summed E-state index contributed by atoms with van der Waals surface area (Å²) in [4.78, 5) is 17.0. The normalized spacial score (nSPS) is 18.6. The number of benzene rings is 1. The van der Waals surface area contributed by atoms with Gasteiger partial charge in [-0.15, -0.1) is 11.3 Å². The number of hydrogen-bond acceptors (Lipinski definition) is 5. The minimum atomic E-state index is -3.37. The first-order valence-electron chi connectivity index (χ1n) is 8.60. The van der Waals surface area contributed by atoms with E-state index in [0.29, 0.717) is 19.5 Å². The molecule has 140 valence electrons. The van der Waals surface area contributed by atoms with E-state index in [-0.39, 0.29) is 5.91 Å². The number of sulfonamides is 1. The molecule has 3 rings (SSSR count). The number of piperidine rings is 1. The highest BCUT2D eigenvalue weighted by Gasteiger charge is 2.34. The van der Waals surface area contributed by atoms with Gasteiger partial charge in [0.25, 0.3) is 0 Å². The third kappa shape index (κ3) is 4.49. The van der Waals surface area contributed by atoms with Crippen molar-refractivity contribution in [3.05, 3.63) is 40.2 Å². The maximum atomic E-state index is 12.5. The van der Waals surface area contributed by atoms with Crippen molar-refractivity contribution in [1.29, 1.82) is 0 Å². The van der Waals surface area contributed by atoms with Crippen molar-refractivity contribution in [3.8, 4) is 11.3 Å². The summed E-state index contributed by atoms with van der Waals surface area (Å²) in [5.74, 6) is -0.227. The molecular weight excluding hydrogens is 370 g/mol. The van der Waals surface area contributed by atoms with Gasteiger partial charge < -0.3 is 5.32 Å². The van der Waals surface area contributed by atoms with Gasteiger partial charge in [0, 0.05) is 24.0 Å². The van der Waals surface area contributed by atoms with Gasteiger partial charge in [0.05, 0.1) is 17.0 Å². The second-order valence-corrected chi connectivity index (χ2v) is 9.55. The zero-order valence-electron chi connectivity index (χ0n) is 14.9. The fraction of sp³-hybridized carbons (Fsp3) is 0.444. The minimum absolute atomic E-state index is 0.227. The van der Waals surface area contributed by atoms with E-state index in [2.05, 4.69) is 10.3 Å². The van der Waals surface area contributed by atoms with Gasteiger partial charge in [-0.1, -0.05) is 30.7 Å². The summed E-state index contributed by atoms with van der Waals surface area (Å²) in [5, 5.41) is 5.93. The Morgan fingerprint density at radius 2 is 2.04 bits per heavy atom. The van der Waals surface area contributed by atoms with Crippen molar-refractivity contribution >= 4 is 27.3 Å². The molecule has 1 unspecified atom stereocenters. The van der Waals surface area contributed by atoms with E-state index in [1.807, 2.05) is 36.6 Å². The highest BCUT2D eigenvalue weighted by molar-refractivity contribution is 7.88. The van der Waals surface area contributed by atoms with E-state index in [1.54, 1.807) is 11.3 Å². The summed E-state index contributed by atoms with van der Waals surface area (Å²) in [6.07, 6.45) is 3.40. The van der Waals surface area contributed by atoms with Gasteiger partial charge in [-0.3, -0.25) is 4.79 Å². The summed E-state index contributed by atoms with van der Waals surface area (Å²) in [6, 6.07) is 7.29. The number of carbonyl (C=O) groups is 1. The Bertz CT molecular complexity index is 875. The van der Waals surface area contributed by atoms with Gasteiger partial charge in [-0.2, -0.15) is 4.31 Å². The molecular formula is C18H23N3O3S2. The fourth-order valence-electron chi connectivity index (χ4n) is 3.16. The van der Waals surface area contributed by atoms with Crippen LogP contribution in [0, 0.1) is 6.92 Å². The third-order valence-electron chi connectivity index (χ3n) is 4.52. The second kappa shape index (κ2) is 7.85. The first kappa shape index (κ1) is 19.0. The summed E-state index contributed by atoms with van der Waals surface area (Å²) < 4.78 is 25.1. The molecule has 1 aromatic heterocycles. The molecule has 6 nitrogen and oxygen atoms in total. The van der Waals surface area contributed by atoms with Crippen LogP contribution >= 0.6 is 11.3 Å². The molecule has 1 aliphatic heterocycles. The number of aryl methyl sites for hydroxylation is 1. The highest BCUT2D eigenvalue weighted by atomic mass is 32.2. The van der Waals surface area contributed by atoms with Crippen LogP contribution in [-0.4, -0.2) is 42.5 Å². The molecule has 1 atom stereocenters. The lowest BCUT2D eigenvalue weighted by Crippen LogP contribution is -2.51. The molecule has 0 saturated carbocycles. The van der Waals surface area contributed by atoms with Crippen LogP contribution in [0.15, 0.2) is 29.6 Å². The van der Waals surface area contributed by atoms with Crippen molar-refractivity contribution in [2.45, 2.75) is 38.8 Å². The number of nitrogens with one attached hydrogen (secondary N) is 1. The summed E-state index contributed by atoms with van der Waals surface area (Å²) in [7, 11) is -3.37. The lowest BCUT2D eigenvalue weighted by molar-refractivity contribution is -0.125. The van der Waals surface area contributed by atoms with Crippen molar-refractivity contribution in [2.24, 2.45) is 0 Å². The second-order valence-electron chi connectivity index (χ2n) is 6.55. The molecule has 0 radical (unpaired) electrons. The van der Waals surface area contributed by atoms with Gasteiger partial charge in [-0.05, 0) is 25.3 Å². The lowest BCUT2D eigenvalue weighted by atomic mass is 10.0. The average Bonchev–Trinajstić information content (AvgIpc) is 3.06. The minimum Gasteiger partial charge on any atom is -0.351 e. The van der Waals surface area contributed by atoms with Crippen LogP contribution in [0.1, 0.15) is 29.8 Å². The quantitative estimate of drug-likeness (QED) is 0.847. The first-order valence-corrected chi connectivity index (χ1v) is 11.3. The maximum absolute atomic E-state index is 12.5. The molecule has 0 spiro atoms. The van der Waals surface area contributed by atoms with Crippen molar-refractivity contribution in [2.75, 3.05) is 12.8 Å². The largest absolute Gasteiger partial charge is 0.351 e. The molecule has 26 heavy (non-hydrogen) atoms. The topological polar surface area (TPSA) is 79.4 Å². The molecule has 1 aliphatic rings. The third-order valence-corrected chi connectivity index (χ3v) is 6.58. The number of hydrogen-bond donors (Lipinski definition) is 1. The van der Waals surface area contributed by atoms with Crippen LogP contribution in [0.25, 0.3) is 11.3 Å². The first-order chi connectivity index (χ1) is 12.3. The molecule has 1 aromatic carbocycles. The smallest absolute Gasteiger partial charge is 0.238 e. The van der Waals surface area contributed by atoms with E-state index < -0.39 is 16.1 Å². The molecule has 1 amide bonds. The Kier molecular flexibility index (Phi) is 5.74. The number of nitrogens with zero attached hydrogens (tertiary/aromatic N) is 2. The Morgan fingerprint density at radius 3 is 2.65 bits per heavy atom. The Hall–Kier alpha value is -1.77. The van der Waals surface area contributed by atoms with Crippen LogP contribution in [0.2, 0.25) is 0 Å². The van der Waals surface area contributed by atoms with Gasteiger partial charge in [0.1, 0.15) is 6.04 Å². The van der Waals surface area contributed by atoms with E-state index in [0.717, 1.165) is 40.9 Å². The standard InChI is InChI=1S/C18H23N3O3S2/c1-13-20-16(12-25-13)15-8-6-14(7-9-15)11-19-18(22)17-5-3-4-10-21(17)26(2,23)24/h6-9,12,17H,3-5,10-11H2,1-2H3,(H,19,22). The van der Waals surface area contributed by atoms with Crippen LogP contribution < -0.4 is 5.32 Å². The maximum Gasteiger partial charge on any atom is 0.238 e. The number of amides is 1. The average molecular weight is 394 g/mol. The van der Waals surface area contributed by atoms with Gasteiger partial charge in [0.2, 0.25) is 15.9 Å². The summed E-state index contributed by atoms with van der Waals surface area (Å²) in [6.45, 7) is 2.77. The zero-order valence-corrected chi connectivity index (χ0v) is 16.6. The molecule has 1 fully saturated rings. The predicted octanol–water partition coefficient (Wildman–Crippen LogP) is 2.55. The predicted molar refractivity (Wildman–Crippen MR) is 103 cm³/mol. The van der Waals surface area contributed by atoms with Crippen molar-refractivity contribution < 1.29 is 13.2 Å². The molecule has 1 N–H and O–H groups in total. The lowest BCUT2D eigenvalue weighted by Gasteiger charge is -2.32. The van der Waals surface area contributed by atoms with E-state index in [4.69, 9.17) is 0 Å². The van der Waals surface area contributed by atoms with E-state index >= 15 is 0 Å². The number of aromatic nitrogens is 1. The Morgan fingerprint density at radius 1 is 1.31 bits per heavy atom. The molecule has 2 aromatic rings. The zero-order chi connectivity index (χ0) is 18.7. The molecule has 1 saturated heterocycles. The monoisotopic (exact) mass is 393 g/mol. The van der Waals surface area contributed by atoms with Crippen LogP contribution in [0.5, 0.6) is 0 Å². The van der Waals surface area contributed by atoms with Crippen LogP contribution in [0.4, 0.5) is 0 Å². The summed E-state index contributed by atoms with van der Waals surface area (Å²) >= 11 is 1.61. The van der Waals surface area contributed by atoms with Gasteiger partial charge >= 0.3 is 0 Å². The van der Waals surface area contributed by atoms with E-state index in [9.17, 15) is 13.2 Å². The van der Waals surface area contributed by atoms with Gasteiger partial charge in [0.15, 0.2) is 0 Å². The highest BCUT2D eigenvalue weighted by Crippen LogP contribution is 2.22. The summed E-state index contributed by atoms with van der Waals surface area (Å²) in [5.41, 5.74) is 2.96. The Balaban J connectivity index is 1.62. The van der Waals surface area contributed by atoms with Gasteiger partial charge in [-0.25, -0.2) is 13.4 Å². The fourth-order valence-corrected chi connectivity index (χ4v) is 4.91. The van der Waals surface area contributed by atoms with Crippen molar-refractivity contribution in [1.82, 2.24) is 14.6 Å². The molecule has 0 aliphatic carbocycles.